The molecule has 0 bridgehead atoms. The van der Waals surface area contributed by atoms with E-state index < -0.39 is 18.3 Å². The van der Waals surface area contributed by atoms with E-state index in [-0.39, 0.29) is 6.61 Å². The molecule has 3 N–H and O–H groups in total. The molecule has 5 heteroatoms. The van der Waals surface area contributed by atoms with Crippen LogP contribution in [-0.4, -0.2) is 40.2 Å². The molecule has 3 atom stereocenters. The van der Waals surface area contributed by atoms with Crippen molar-refractivity contribution in [2.75, 3.05) is 6.61 Å². The van der Waals surface area contributed by atoms with Crippen LogP contribution in [-0.2, 0) is 4.74 Å². The van der Waals surface area contributed by atoms with Crippen molar-refractivity contribution in [3.63, 3.8) is 0 Å². The first-order valence-corrected chi connectivity index (χ1v) is 3.95. The first-order chi connectivity index (χ1) is 5.15. The van der Waals surface area contributed by atoms with E-state index in [4.69, 9.17) is 20.1 Å². The fraction of sp³-hybridized carbons (Fsp3) is 0.667. The summed E-state index contributed by atoms with van der Waals surface area (Å²) in [4.78, 5) is 0. The third-order valence-corrected chi connectivity index (χ3v) is 1.93. The van der Waals surface area contributed by atoms with Crippen molar-refractivity contribution >= 4 is 15.9 Å². The van der Waals surface area contributed by atoms with E-state index in [9.17, 15) is 0 Å². The summed E-state index contributed by atoms with van der Waals surface area (Å²) in [6, 6.07) is 0. The molecule has 4 nitrogen and oxygen atoms in total. The van der Waals surface area contributed by atoms with Gasteiger partial charge in [0.05, 0.1) is 6.61 Å². The highest BCUT2D eigenvalue weighted by atomic mass is 79.9. The minimum Gasteiger partial charge on any atom is -0.479 e. The van der Waals surface area contributed by atoms with Crippen LogP contribution in [0.4, 0.5) is 0 Å². The van der Waals surface area contributed by atoms with Gasteiger partial charge in [0.1, 0.15) is 12.2 Å². The number of hydrogen-bond donors (Lipinski definition) is 3. The fourth-order valence-electron chi connectivity index (χ4n) is 0.852. The molecule has 0 fully saturated rings. The van der Waals surface area contributed by atoms with Crippen LogP contribution in [0.25, 0.3) is 0 Å². The normalized spacial score (nSPS) is 37.8. The lowest BCUT2D eigenvalue weighted by molar-refractivity contribution is -0.0833. The van der Waals surface area contributed by atoms with E-state index in [1.807, 2.05) is 0 Å². The van der Waals surface area contributed by atoms with Gasteiger partial charge in [-0.3, -0.25) is 0 Å². The van der Waals surface area contributed by atoms with Crippen LogP contribution in [0.2, 0.25) is 0 Å². The largest absolute Gasteiger partial charge is 0.479 e. The Morgan fingerprint density at radius 1 is 1.55 bits per heavy atom. The van der Waals surface area contributed by atoms with Crippen molar-refractivity contribution in [1.29, 1.82) is 0 Å². The van der Waals surface area contributed by atoms with Gasteiger partial charge in [-0.05, 0) is 22.0 Å². The molecule has 0 aromatic rings. The average Bonchev–Trinajstić information content (AvgIpc) is 1.96. The van der Waals surface area contributed by atoms with Crippen molar-refractivity contribution in [3.8, 4) is 0 Å². The van der Waals surface area contributed by atoms with Crippen LogP contribution in [0.15, 0.2) is 10.7 Å². The molecule has 0 aromatic carbocycles. The number of hydrogen-bond acceptors (Lipinski definition) is 4. The first kappa shape index (κ1) is 8.99. The van der Waals surface area contributed by atoms with Crippen LogP contribution >= 0.6 is 15.9 Å². The van der Waals surface area contributed by atoms with Crippen LogP contribution in [0.5, 0.6) is 0 Å². The summed E-state index contributed by atoms with van der Waals surface area (Å²) in [5.74, 6) is 0. The molecule has 0 radical (unpaired) electrons. The monoisotopic (exact) mass is 224 g/mol. The molecular weight excluding hydrogens is 216 g/mol. The summed E-state index contributed by atoms with van der Waals surface area (Å²) in [6.07, 6.45) is -1.45. The molecule has 0 spiro atoms. The Balaban J connectivity index is 2.67. The molecule has 0 aliphatic carbocycles. The van der Waals surface area contributed by atoms with Crippen LogP contribution in [0, 0.1) is 0 Å². The highest BCUT2D eigenvalue weighted by Gasteiger charge is 2.30. The van der Waals surface area contributed by atoms with Gasteiger partial charge in [-0.25, -0.2) is 0 Å². The molecule has 0 amide bonds. The number of rotatable bonds is 1. The summed E-state index contributed by atoms with van der Waals surface area (Å²) in [6.45, 7) is -0.318. The van der Waals surface area contributed by atoms with Gasteiger partial charge < -0.3 is 20.1 Å². The van der Waals surface area contributed by atoms with Crippen LogP contribution in [0.1, 0.15) is 0 Å². The van der Waals surface area contributed by atoms with Crippen molar-refractivity contribution < 1.29 is 20.1 Å². The zero-order valence-electron chi connectivity index (χ0n) is 5.64. The first-order valence-electron chi connectivity index (χ1n) is 3.16. The highest BCUT2D eigenvalue weighted by molar-refractivity contribution is 9.11. The summed E-state index contributed by atoms with van der Waals surface area (Å²) in [5.41, 5.74) is 0. The number of aliphatic hydroxyl groups excluding tert-OH is 3. The second kappa shape index (κ2) is 3.53. The Labute approximate surface area is 72.2 Å². The molecule has 11 heavy (non-hydrogen) atoms. The maximum absolute atomic E-state index is 9.15. The SMILES string of the molecule is OC[C@H]1OC(Br)=C[C@@H](O)[C@@H]1O. The molecule has 1 heterocycles. The summed E-state index contributed by atoms with van der Waals surface area (Å²) in [7, 11) is 0. The van der Waals surface area contributed by atoms with E-state index >= 15 is 0 Å². The lowest BCUT2D eigenvalue weighted by Crippen LogP contribution is -2.42. The maximum atomic E-state index is 9.15. The van der Waals surface area contributed by atoms with E-state index in [1.165, 1.54) is 6.08 Å². The van der Waals surface area contributed by atoms with E-state index in [1.54, 1.807) is 0 Å². The van der Waals surface area contributed by atoms with Crippen molar-refractivity contribution in [2.24, 2.45) is 0 Å². The Morgan fingerprint density at radius 3 is 2.73 bits per heavy atom. The standard InChI is InChI=1S/C6H9BrO4/c7-5-1-3(9)6(10)4(2-8)11-5/h1,3-4,6,8-10H,2H2/t3-,4-,6+/m1/s1. The predicted octanol–water partition coefficient (Wildman–Crippen LogP) is -0.664. The smallest absolute Gasteiger partial charge is 0.161 e. The second-order valence-corrected chi connectivity index (χ2v) is 3.07. The quantitative estimate of drug-likeness (QED) is 0.553. The molecule has 1 rings (SSSR count). The lowest BCUT2D eigenvalue weighted by Gasteiger charge is -2.28. The Kier molecular flexibility index (Phi) is 2.89. The van der Waals surface area contributed by atoms with Crippen molar-refractivity contribution in [3.05, 3.63) is 10.7 Å². The van der Waals surface area contributed by atoms with E-state index in [0.29, 0.717) is 4.67 Å². The Hall–Kier alpha value is -0.100. The minimum absolute atomic E-state index is 0.318. The van der Waals surface area contributed by atoms with Gasteiger partial charge in [0.2, 0.25) is 0 Å². The van der Waals surface area contributed by atoms with Crippen molar-refractivity contribution in [1.82, 2.24) is 0 Å². The maximum Gasteiger partial charge on any atom is 0.161 e. The Morgan fingerprint density at radius 2 is 2.18 bits per heavy atom. The third kappa shape index (κ3) is 1.93. The summed E-state index contributed by atoms with van der Waals surface area (Å²) >= 11 is 2.99. The van der Waals surface area contributed by atoms with Gasteiger partial charge in [0, 0.05) is 0 Å². The molecule has 64 valence electrons. The average molecular weight is 225 g/mol. The zero-order chi connectivity index (χ0) is 8.43. The number of aliphatic hydroxyl groups is 3. The van der Waals surface area contributed by atoms with Gasteiger partial charge in [-0.15, -0.1) is 0 Å². The predicted molar refractivity (Wildman–Crippen MR) is 41.0 cm³/mol. The van der Waals surface area contributed by atoms with Gasteiger partial charge >= 0.3 is 0 Å². The number of halogens is 1. The molecular formula is C6H9BrO4. The zero-order valence-corrected chi connectivity index (χ0v) is 7.23. The second-order valence-electron chi connectivity index (χ2n) is 2.29. The van der Waals surface area contributed by atoms with E-state index in [2.05, 4.69) is 15.9 Å². The van der Waals surface area contributed by atoms with Gasteiger partial charge in [0.15, 0.2) is 10.8 Å². The molecule has 0 saturated carbocycles. The lowest BCUT2D eigenvalue weighted by atomic mass is 10.1. The fourth-order valence-corrected chi connectivity index (χ4v) is 1.36. The van der Waals surface area contributed by atoms with Crippen LogP contribution in [0.3, 0.4) is 0 Å². The third-order valence-electron chi connectivity index (χ3n) is 1.48. The molecule has 0 unspecified atom stereocenters. The van der Waals surface area contributed by atoms with Crippen LogP contribution < -0.4 is 0 Å². The van der Waals surface area contributed by atoms with Gasteiger partial charge in [-0.2, -0.15) is 0 Å². The molecule has 0 aromatic heterocycles. The summed E-state index contributed by atoms with van der Waals surface area (Å²) < 4.78 is 5.28. The van der Waals surface area contributed by atoms with Gasteiger partial charge in [-0.1, -0.05) is 0 Å². The Bertz CT molecular complexity index is 170. The minimum atomic E-state index is -1.05. The molecule has 1 aliphatic heterocycles. The molecule has 0 saturated heterocycles. The van der Waals surface area contributed by atoms with E-state index in [0.717, 1.165) is 0 Å². The number of ether oxygens (including phenoxy) is 1. The van der Waals surface area contributed by atoms with Crippen molar-refractivity contribution in [2.45, 2.75) is 18.3 Å². The summed E-state index contributed by atoms with van der Waals surface area (Å²) in [5, 5.41) is 26.9. The highest BCUT2D eigenvalue weighted by Crippen LogP contribution is 2.21. The molecule has 1 aliphatic rings. The van der Waals surface area contributed by atoms with Gasteiger partial charge in [0.25, 0.3) is 0 Å². The topological polar surface area (TPSA) is 69.9 Å².